The highest BCUT2D eigenvalue weighted by atomic mass is 32.2. The quantitative estimate of drug-likeness (QED) is 0.697. The van der Waals surface area contributed by atoms with Crippen LogP contribution in [-0.4, -0.2) is 28.5 Å². The maximum atomic E-state index is 11.9. The van der Waals surface area contributed by atoms with Gasteiger partial charge in [-0.3, -0.25) is 10.1 Å². The summed E-state index contributed by atoms with van der Waals surface area (Å²) in [5, 5.41) is 4.15. The molecule has 2 atom stereocenters. The monoisotopic (exact) mass is 256 g/mol. The molecule has 2 aliphatic carbocycles. The fourth-order valence-electron chi connectivity index (χ4n) is 2.18. The molecule has 3 nitrogen and oxygen atoms in total. The molecule has 2 unspecified atom stereocenters. The summed E-state index contributed by atoms with van der Waals surface area (Å²) in [4.78, 5) is 11.9. The van der Waals surface area contributed by atoms with Crippen LogP contribution in [0.3, 0.4) is 0 Å². The molecule has 0 saturated heterocycles. The number of amides is 1. The minimum absolute atomic E-state index is 0.136. The molecule has 17 heavy (non-hydrogen) atoms. The lowest BCUT2D eigenvalue weighted by Gasteiger charge is -2.33. The van der Waals surface area contributed by atoms with Crippen molar-refractivity contribution in [2.45, 2.75) is 62.8 Å². The fourth-order valence-corrected chi connectivity index (χ4v) is 3.42. The molecule has 2 rings (SSSR count). The van der Waals surface area contributed by atoms with Crippen LogP contribution in [0.15, 0.2) is 0 Å². The highest BCUT2D eigenvalue weighted by molar-refractivity contribution is 8.00. The third-order valence-electron chi connectivity index (χ3n) is 3.92. The van der Waals surface area contributed by atoms with Crippen molar-refractivity contribution in [3.8, 4) is 0 Å². The van der Waals surface area contributed by atoms with Gasteiger partial charge in [-0.1, -0.05) is 13.8 Å². The van der Waals surface area contributed by atoms with Gasteiger partial charge in [-0.2, -0.15) is 11.8 Å². The Morgan fingerprint density at radius 2 is 2.12 bits per heavy atom. The number of thioether (sulfide) groups is 1. The summed E-state index contributed by atoms with van der Waals surface area (Å²) in [6.45, 7) is 4.41. The number of carbonyl (C=O) groups is 1. The molecule has 0 aliphatic heterocycles. The van der Waals surface area contributed by atoms with Gasteiger partial charge in [0.05, 0.1) is 0 Å². The molecular weight excluding hydrogens is 232 g/mol. The Kier molecular flexibility index (Phi) is 4.03. The first kappa shape index (κ1) is 13.2. The second-order valence-electron chi connectivity index (χ2n) is 5.56. The molecule has 0 spiro atoms. The molecule has 0 aromatic heterocycles. The zero-order valence-electron chi connectivity index (χ0n) is 10.9. The Bertz CT molecular complexity index is 289. The van der Waals surface area contributed by atoms with Gasteiger partial charge in [0.15, 0.2) is 0 Å². The molecule has 4 heteroatoms. The van der Waals surface area contributed by atoms with Crippen LogP contribution in [0.5, 0.6) is 0 Å². The van der Waals surface area contributed by atoms with Crippen molar-refractivity contribution in [3.05, 3.63) is 0 Å². The molecule has 2 fully saturated rings. The summed E-state index contributed by atoms with van der Waals surface area (Å²) in [5.74, 6) is 1.19. The second-order valence-corrected chi connectivity index (χ2v) is 6.99. The molecule has 0 aromatic rings. The van der Waals surface area contributed by atoms with E-state index in [4.69, 9.17) is 5.73 Å². The number of hydrogen-bond acceptors (Lipinski definition) is 3. The van der Waals surface area contributed by atoms with Crippen LogP contribution in [0, 0.1) is 5.92 Å². The smallest absolute Gasteiger partial charge is 0.238 e. The highest BCUT2D eigenvalue weighted by Gasteiger charge is 2.51. The van der Waals surface area contributed by atoms with E-state index in [1.807, 2.05) is 11.8 Å². The molecule has 1 amide bonds. The van der Waals surface area contributed by atoms with Crippen molar-refractivity contribution >= 4 is 17.7 Å². The molecule has 0 radical (unpaired) electrons. The van der Waals surface area contributed by atoms with Gasteiger partial charge >= 0.3 is 0 Å². The van der Waals surface area contributed by atoms with Gasteiger partial charge in [-0.05, 0) is 38.0 Å². The average molecular weight is 256 g/mol. The molecule has 2 saturated carbocycles. The maximum absolute atomic E-state index is 11.9. The van der Waals surface area contributed by atoms with Gasteiger partial charge < -0.3 is 5.73 Å². The lowest BCUT2D eigenvalue weighted by Crippen LogP contribution is -2.60. The standard InChI is InChI=1S/C13H24N2OS/c1-3-9(2)17-8-13(12(14)16,10-4-5-10)15-11-6-7-11/h9-11,15H,3-8H2,1-2H3,(H2,14,16). The van der Waals surface area contributed by atoms with E-state index in [0.717, 1.165) is 25.0 Å². The zero-order valence-corrected chi connectivity index (χ0v) is 11.7. The first-order chi connectivity index (χ1) is 8.08. The molecule has 0 bridgehead atoms. The Morgan fingerprint density at radius 1 is 1.47 bits per heavy atom. The summed E-state index contributed by atoms with van der Waals surface area (Å²) >= 11 is 1.89. The van der Waals surface area contributed by atoms with Crippen molar-refractivity contribution < 1.29 is 4.79 Å². The zero-order chi connectivity index (χ0) is 12.5. The topological polar surface area (TPSA) is 55.1 Å². The summed E-state index contributed by atoms with van der Waals surface area (Å²) < 4.78 is 0. The SMILES string of the molecule is CCC(C)SCC(NC1CC1)(C(N)=O)C1CC1. The molecule has 0 aromatic carbocycles. The Labute approximate surface area is 108 Å². The van der Waals surface area contributed by atoms with Crippen molar-refractivity contribution in [1.82, 2.24) is 5.32 Å². The van der Waals surface area contributed by atoms with Gasteiger partial charge in [0.1, 0.15) is 5.54 Å². The third kappa shape index (κ3) is 3.16. The summed E-state index contributed by atoms with van der Waals surface area (Å²) in [5.41, 5.74) is 5.28. The number of hydrogen-bond donors (Lipinski definition) is 2. The fraction of sp³-hybridized carbons (Fsp3) is 0.923. The van der Waals surface area contributed by atoms with Crippen LogP contribution in [0.1, 0.15) is 46.0 Å². The van der Waals surface area contributed by atoms with Gasteiger partial charge in [0.25, 0.3) is 0 Å². The van der Waals surface area contributed by atoms with Crippen molar-refractivity contribution in [1.29, 1.82) is 0 Å². The van der Waals surface area contributed by atoms with Crippen LogP contribution < -0.4 is 11.1 Å². The van der Waals surface area contributed by atoms with Crippen LogP contribution >= 0.6 is 11.8 Å². The van der Waals surface area contributed by atoms with Crippen LogP contribution in [-0.2, 0) is 4.79 Å². The first-order valence-electron chi connectivity index (χ1n) is 6.77. The van der Waals surface area contributed by atoms with E-state index in [-0.39, 0.29) is 5.91 Å². The average Bonchev–Trinajstić information content (AvgIpc) is 3.15. The van der Waals surface area contributed by atoms with Gasteiger partial charge in [-0.15, -0.1) is 0 Å². The number of nitrogens with two attached hydrogens (primary N) is 1. The first-order valence-corrected chi connectivity index (χ1v) is 7.82. The second kappa shape index (κ2) is 5.19. The van der Waals surface area contributed by atoms with Crippen LogP contribution in [0.25, 0.3) is 0 Å². The van der Waals surface area contributed by atoms with E-state index in [2.05, 4.69) is 19.2 Å². The molecule has 0 heterocycles. The predicted molar refractivity (Wildman–Crippen MR) is 73.0 cm³/mol. The number of rotatable bonds is 8. The largest absolute Gasteiger partial charge is 0.368 e. The molecule has 98 valence electrons. The van der Waals surface area contributed by atoms with Gasteiger partial charge in [0.2, 0.25) is 5.91 Å². The maximum Gasteiger partial charge on any atom is 0.238 e. The lowest BCUT2D eigenvalue weighted by atomic mass is 9.94. The van der Waals surface area contributed by atoms with E-state index in [0.29, 0.717) is 17.2 Å². The summed E-state index contributed by atoms with van der Waals surface area (Å²) in [6, 6.07) is 0.542. The lowest BCUT2D eigenvalue weighted by molar-refractivity contribution is -0.124. The summed E-state index contributed by atoms with van der Waals surface area (Å²) in [6.07, 6.45) is 5.87. The minimum Gasteiger partial charge on any atom is -0.368 e. The number of primary amides is 1. The van der Waals surface area contributed by atoms with E-state index in [1.54, 1.807) is 0 Å². The normalized spacial score (nSPS) is 25.3. The molecule has 3 N–H and O–H groups in total. The van der Waals surface area contributed by atoms with Gasteiger partial charge in [0, 0.05) is 17.0 Å². The molecule has 2 aliphatic rings. The Morgan fingerprint density at radius 3 is 2.53 bits per heavy atom. The van der Waals surface area contributed by atoms with E-state index >= 15 is 0 Å². The van der Waals surface area contributed by atoms with Crippen LogP contribution in [0.4, 0.5) is 0 Å². The van der Waals surface area contributed by atoms with Crippen LogP contribution in [0.2, 0.25) is 0 Å². The summed E-state index contributed by atoms with van der Waals surface area (Å²) in [7, 11) is 0. The number of nitrogens with one attached hydrogen (secondary N) is 1. The Hall–Kier alpha value is -0.220. The number of carbonyl (C=O) groups excluding carboxylic acids is 1. The third-order valence-corrected chi connectivity index (χ3v) is 5.45. The van der Waals surface area contributed by atoms with E-state index < -0.39 is 5.54 Å². The van der Waals surface area contributed by atoms with Crippen molar-refractivity contribution in [3.63, 3.8) is 0 Å². The van der Waals surface area contributed by atoms with Crippen molar-refractivity contribution in [2.75, 3.05) is 5.75 Å². The van der Waals surface area contributed by atoms with E-state index in [1.165, 1.54) is 12.8 Å². The van der Waals surface area contributed by atoms with Gasteiger partial charge in [-0.25, -0.2) is 0 Å². The highest BCUT2D eigenvalue weighted by Crippen LogP contribution is 2.43. The van der Waals surface area contributed by atoms with Crippen molar-refractivity contribution in [2.24, 2.45) is 11.7 Å². The predicted octanol–water partition coefficient (Wildman–Crippen LogP) is 1.90. The van der Waals surface area contributed by atoms with E-state index in [9.17, 15) is 4.79 Å². The minimum atomic E-state index is -0.421. The molecular formula is C13H24N2OS. The Balaban J connectivity index is 2.00.